The molecule has 0 radical (unpaired) electrons. The van der Waals surface area contributed by atoms with E-state index in [2.05, 4.69) is 15.5 Å². The Morgan fingerprint density at radius 2 is 1.89 bits per heavy atom. The Morgan fingerprint density at radius 3 is 2.58 bits per heavy atom. The maximum atomic E-state index is 11.4. The summed E-state index contributed by atoms with van der Waals surface area (Å²) < 4.78 is 0. The van der Waals surface area contributed by atoms with Crippen molar-refractivity contribution in [3.8, 4) is 0 Å². The van der Waals surface area contributed by atoms with Crippen molar-refractivity contribution in [2.75, 3.05) is 10.6 Å². The highest BCUT2D eigenvalue weighted by Gasteiger charge is 2.33. The normalized spacial score (nSPS) is 20.6. The van der Waals surface area contributed by atoms with Crippen LogP contribution in [0.25, 0.3) is 0 Å². The Hall–Kier alpha value is -2.14. The minimum Gasteiger partial charge on any atom is -0.399 e. The second-order valence-electron chi connectivity index (χ2n) is 4.39. The lowest BCUT2D eigenvalue weighted by Gasteiger charge is -2.33. The fourth-order valence-electron chi connectivity index (χ4n) is 2.26. The third kappa shape index (κ3) is 2.24. The fourth-order valence-corrected chi connectivity index (χ4v) is 2.26. The minimum absolute atomic E-state index is 0. The second-order valence-corrected chi connectivity index (χ2v) is 4.39. The number of benzene rings is 1. The molecule has 5 nitrogen and oxygen atoms in total. The van der Waals surface area contributed by atoms with E-state index in [0.717, 1.165) is 22.8 Å². The van der Waals surface area contributed by atoms with E-state index in [0.29, 0.717) is 0 Å². The van der Waals surface area contributed by atoms with Crippen LogP contribution >= 0.6 is 12.4 Å². The summed E-state index contributed by atoms with van der Waals surface area (Å²) in [6, 6.07) is 7.42. The van der Waals surface area contributed by atoms with Crippen LogP contribution in [0.1, 0.15) is 6.92 Å². The van der Waals surface area contributed by atoms with E-state index in [-0.39, 0.29) is 24.6 Å². The number of allylic oxidation sites excluding steroid dienone is 3. The molecule has 100 valence electrons. The Bertz CT molecular complexity index is 565. The summed E-state index contributed by atoms with van der Waals surface area (Å²) in [4.78, 5) is 13.5. The summed E-state index contributed by atoms with van der Waals surface area (Å²) in [5.41, 5.74) is 9.35. The first-order valence-corrected chi connectivity index (χ1v) is 5.76. The molecule has 0 aromatic heterocycles. The number of carbonyl (C=O) groups excluding carboxylic acids is 1. The monoisotopic (exact) mass is 278 g/mol. The predicted octanol–water partition coefficient (Wildman–Crippen LogP) is 1.94. The van der Waals surface area contributed by atoms with Crippen molar-refractivity contribution in [2.24, 2.45) is 0 Å². The molecule has 1 atom stereocenters. The summed E-state index contributed by atoms with van der Waals surface area (Å²) in [5, 5.41) is 5.67. The molecule has 1 fully saturated rings. The third-order valence-electron chi connectivity index (χ3n) is 3.13. The van der Waals surface area contributed by atoms with Gasteiger partial charge in [0.1, 0.15) is 6.17 Å². The molecule has 6 heteroatoms. The average molecular weight is 279 g/mol. The Morgan fingerprint density at radius 1 is 1.21 bits per heavy atom. The van der Waals surface area contributed by atoms with Crippen LogP contribution in [0.5, 0.6) is 0 Å². The topological polar surface area (TPSA) is 70.4 Å². The zero-order valence-corrected chi connectivity index (χ0v) is 11.2. The zero-order chi connectivity index (χ0) is 12.7. The van der Waals surface area contributed by atoms with Crippen LogP contribution in [0.15, 0.2) is 47.8 Å². The van der Waals surface area contributed by atoms with Gasteiger partial charge in [0.2, 0.25) is 0 Å². The Labute approximate surface area is 117 Å². The maximum absolute atomic E-state index is 11.4. The van der Waals surface area contributed by atoms with Crippen LogP contribution < -0.4 is 21.3 Å². The molecular formula is C13H15ClN4O. The van der Waals surface area contributed by atoms with Gasteiger partial charge in [-0.1, -0.05) is 0 Å². The van der Waals surface area contributed by atoms with Crippen molar-refractivity contribution in [2.45, 2.75) is 13.1 Å². The number of halogens is 1. The van der Waals surface area contributed by atoms with Crippen molar-refractivity contribution in [3.63, 3.8) is 0 Å². The van der Waals surface area contributed by atoms with Crippen LogP contribution in [0.3, 0.4) is 0 Å². The van der Waals surface area contributed by atoms with Gasteiger partial charge in [0.15, 0.2) is 0 Å². The van der Waals surface area contributed by atoms with Gasteiger partial charge >= 0.3 is 6.03 Å². The largest absolute Gasteiger partial charge is 0.399 e. The summed E-state index contributed by atoms with van der Waals surface area (Å²) in [6.45, 7) is 2.01. The van der Waals surface area contributed by atoms with Gasteiger partial charge in [0, 0.05) is 17.1 Å². The van der Waals surface area contributed by atoms with Crippen LogP contribution in [0, 0.1) is 0 Å². The van der Waals surface area contributed by atoms with Gasteiger partial charge in [-0.25, -0.2) is 4.79 Å². The lowest BCUT2D eigenvalue weighted by molar-refractivity contribution is 0.247. The number of carbonyl (C=O) groups is 1. The molecular weight excluding hydrogens is 264 g/mol. The summed E-state index contributed by atoms with van der Waals surface area (Å²) in [7, 11) is 0. The highest BCUT2D eigenvalue weighted by atomic mass is 35.5. The number of nitrogens with two attached hydrogens (primary N) is 1. The van der Waals surface area contributed by atoms with Crippen molar-refractivity contribution in [1.29, 1.82) is 0 Å². The van der Waals surface area contributed by atoms with Crippen molar-refractivity contribution in [1.82, 2.24) is 10.6 Å². The van der Waals surface area contributed by atoms with Gasteiger partial charge in [-0.15, -0.1) is 12.4 Å². The van der Waals surface area contributed by atoms with Crippen LogP contribution in [0.2, 0.25) is 0 Å². The lowest BCUT2D eigenvalue weighted by Crippen LogP contribution is -2.43. The summed E-state index contributed by atoms with van der Waals surface area (Å²) in [6.07, 6.45) is 3.74. The number of hydrogen-bond acceptors (Lipinski definition) is 3. The molecule has 1 aromatic rings. The van der Waals surface area contributed by atoms with Gasteiger partial charge in [-0.2, -0.15) is 0 Å². The zero-order valence-electron chi connectivity index (χ0n) is 10.4. The first-order valence-electron chi connectivity index (χ1n) is 5.76. The first-order chi connectivity index (χ1) is 8.65. The minimum atomic E-state index is -0.171. The highest BCUT2D eigenvalue weighted by molar-refractivity contribution is 5.85. The van der Waals surface area contributed by atoms with Gasteiger partial charge in [0.05, 0.1) is 5.70 Å². The van der Waals surface area contributed by atoms with Crippen LogP contribution in [0.4, 0.5) is 16.2 Å². The number of nitrogens with zero attached hydrogens (tertiary/aromatic N) is 1. The number of nitrogen functional groups attached to an aromatic ring is 1. The molecule has 1 unspecified atom stereocenters. The number of nitrogens with one attached hydrogen (secondary N) is 2. The molecule has 1 aromatic carbocycles. The second kappa shape index (κ2) is 4.85. The van der Waals surface area contributed by atoms with Crippen molar-refractivity contribution in [3.05, 3.63) is 47.8 Å². The van der Waals surface area contributed by atoms with E-state index >= 15 is 0 Å². The average Bonchev–Trinajstić information content (AvgIpc) is 2.71. The third-order valence-corrected chi connectivity index (χ3v) is 3.13. The Balaban J connectivity index is 0.00000133. The molecule has 0 spiro atoms. The van der Waals surface area contributed by atoms with E-state index in [1.54, 1.807) is 0 Å². The molecule has 19 heavy (non-hydrogen) atoms. The van der Waals surface area contributed by atoms with E-state index in [9.17, 15) is 4.79 Å². The SMILES string of the molecule is CC1=CC=C2NC(=O)NC2N1c1ccc(N)cc1.Cl. The number of amides is 2. The molecule has 0 bridgehead atoms. The van der Waals surface area contributed by atoms with Gasteiger partial charge in [0.25, 0.3) is 0 Å². The first kappa shape index (κ1) is 13.3. The molecule has 2 aliphatic rings. The molecule has 0 saturated carbocycles. The number of anilines is 2. The Kier molecular flexibility index (Phi) is 3.40. The molecule has 4 N–H and O–H groups in total. The molecule has 2 aliphatic heterocycles. The number of urea groups is 1. The van der Waals surface area contributed by atoms with Crippen LogP contribution in [-0.2, 0) is 0 Å². The number of rotatable bonds is 1. The number of hydrogen-bond donors (Lipinski definition) is 3. The van der Waals surface area contributed by atoms with Gasteiger partial charge in [-0.3, -0.25) is 0 Å². The summed E-state index contributed by atoms with van der Waals surface area (Å²) in [5.74, 6) is 0. The number of fused-ring (bicyclic) bond motifs is 1. The predicted molar refractivity (Wildman–Crippen MR) is 77.9 cm³/mol. The lowest BCUT2D eigenvalue weighted by atomic mass is 10.1. The molecule has 1 saturated heterocycles. The quantitative estimate of drug-likeness (QED) is 0.688. The molecule has 3 rings (SSSR count). The molecule has 2 heterocycles. The molecule has 2 amide bonds. The van der Waals surface area contributed by atoms with Crippen LogP contribution in [-0.4, -0.2) is 12.2 Å². The fraction of sp³-hybridized carbons (Fsp3) is 0.154. The smallest absolute Gasteiger partial charge is 0.321 e. The van der Waals surface area contributed by atoms with E-state index in [1.807, 2.05) is 43.3 Å². The van der Waals surface area contributed by atoms with Crippen molar-refractivity contribution < 1.29 is 4.79 Å². The molecule has 0 aliphatic carbocycles. The standard InChI is InChI=1S/C13H14N4O.ClH/c1-8-2-7-11-12(16-13(18)15-11)17(8)10-5-3-9(14)4-6-10;/h2-7,12H,14H2,1H3,(H2,15,16,18);1H. The maximum Gasteiger partial charge on any atom is 0.321 e. The van der Waals surface area contributed by atoms with E-state index < -0.39 is 0 Å². The van der Waals surface area contributed by atoms with Crippen molar-refractivity contribution >= 4 is 29.8 Å². The van der Waals surface area contributed by atoms with E-state index in [1.165, 1.54) is 0 Å². The van der Waals surface area contributed by atoms with Gasteiger partial charge < -0.3 is 21.3 Å². The van der Waals surface area contributed by atoms with E-state index in [4.69, 9.17) is 5.73 Å². The summed E-state index contributed by atoms with van der Waals surface area (Å²) >= 11 is 0. The van der Waals surface area contributed by atoms with Gasteiger partial charge in [-0.05, 0) is 43.3 Å². The highest BCUT2D eigenvalue weighted by Crippen LogP contribution is 2.29.